The summed E-state index contributed by atoms with van der Waals surface area (Å²) < 4.78 is 14.5. The highest BCUT2D eigenvalue weighted by Crippen LogP contribution is 2.24. The van der Waals surface area contributed by atoms with Gasteiger partial charge in [-0.2, -0.15) is 0 Å². The molecule has 7 heteroatoms. The third-order valence-corrected chi connectivity index (χ3v) is 7.63. The Hall–Kier alpha value is -2.61. The van der Waals surface area contributed by atoms with Crippen molar-refractivity contribution in [3.8, 4) is 5.69 Å². The minimum atomic E-state index is -0.790. The summed E-state index contributed by atoms with van der Waals surface area (Å²) in [7, 11) is 0. The average molecular weight is 434 g/mol. The number of nitrogens with one attached hydrogen (secondary N) is 1. The molecule has 4 aromatic rings. The number of H-pyrrole nitrogens is 1. The van der Waals surface area contributed by atoms with Crippen LogP contribution in [0.2, 0.25) is 0 Å². The van der Waals surface area contributed by atoms with Gasteiger partial charge in [0.25, 0.3) is 0 Å². The predicted octanol–water partition coefficient (Wildman–Crippen LogP) is 3.56. The van der Waals surface area contributed by atoms with Gasteiger partial charge >= 0.3 is 0 Å². The van der Waals surface area contributed by atoms with Crippen LogP contribution in [-0.4, -0.2) is 54.6 Å². The fraction of sp³-hybridized carbons (Fsp3) is 0.333. The summed E-state index contributed by atoms with van der Waals surface area (Å²) in [6.45, 7) is 3.18. The summed E-state index contributed by atoms with van der Waals surface area (Å²) in [6.07, 6.45) is 7.72. The van der Waals surface area contributed by atoms with Crippen molar-refractivity contribution in [3.63, 3.8) is 0 Å². The summed E-state index contributed by atoms with van der Waals surface area (Å²) >= 11 is -0.790. The second kappa shape index (κ2) is 9.26. The monoisotopic (exact) mass is 433 g/mol. The zero-order chi connectivity index (χ0) is 21.0. The van der Waals surface area contributed by atoms with Crippen LogP contribution >= 0.6 is 0 Å². The first-order valence-electron chi connectivity index (χ1n) is 10.8. The van der Waals surface area contributed by atoms with Crippen LogP contribution in [0.3, 0.4) is 0 Å². The molecule has 5 rings (SSSR count). The van der Waals surface area contributed by atoms with Gasteiger partial charge in [-0.15, -0.1) is 10.2 Å². The molecule has 0 saturated carbocycles. The predicted molar refractivity (Wildman–Crippen MR) is 125 cm³/mol. The molecule has 31 heavy (non-hydrogen) atoms. The largest absolute Gasteiger partial charge is 0.616 e. The van der Waals surface area contributed by atoms with Crippen molar-refractivity contribution in [2.75, 3.05) is 25.4 Å². The van der Waals surface area contributed by atoms with Crippen LogP contribution in [0.1, 0.15) is 17.5 Å². The molecule has 0 radical (unpaired) electrons. The number of aromatic nitrogens is 4. The number of hydrogen-bond donors (Lipinski definition) is 1. The van der Waals surface area contributed by atoms with E-state index in [1.165, 1.54) is 16.5 Å². The van der Waals surface area contributed by atoms with Gasteiger partial charge in [0.05, 0.1) is 0 Å². The van der Waals surface area contributed by atoms with Crippen LogP contribution in [-0.2, 0) is 23.3 Å². The lowest BCUT2D eigenvalue weighted by Crippen LogP contribution is -2.25. The quantitative estimate of drug-likeness (QED) is 0.431. The van der Waals surface area contributed by atoms with Gasteiger partial charge in [0.2, 0.25) is 0 Å². The third-order valence-electron chi connectivity index (χ3n) is 6.13. The van der Waals surface area contributed by atoms with E-state index in [4.69, 9.17) is 0 Å². The number of benzene rings is 2. The molecular formula is C24H27N5OS. The minimum absolute atomic E-state index is 0.535. The van der Waals surface area contributed by atoms with Gasteiger partial charge in [-0.3, -0.25) is 4.57 Å². The second-order valence-electron chi connectivity index (χ2n) is 8.35. The van der Waals surface area contributed by atoms with E-state index >= 15 is 0 Å². The average Bonchev–Trinajstić information content (AvgIpc) is 3.54. The molecule has 2 aromatic heterocycles. The Kier molecular flexibility index (Phi) is 6.06. The first-order chi connectivity index (χ1) is 15.2. The molecule has 0 bridgehead atoms. The summed E-state index contributed by atoms with van der Waals surface area (Å²) in [5, 5.41) is 9.07. The van der Waals surface area contributed by atoms with Gasteiger partial charge < -0.3 is 14.4 Å². The molecule has 0 aliphatic carbocycles. The molecule has 0 amide bonds. The lowest BCUT2D eigenvalue weighted by molar-refractivity contribution is 0.332. The van der Waals surface area contributed by atoms with Crippen LogP contribution in [0.25, 0.3) is 16.6 Å². The van der Waals surface area contributed by atoms with Crippen LogP contribution in [0.5, 0.6) is 0 Å². The van der Waals surface area contributed by atoms with Crippen LogP contribution in [0.15, 0.2) is 67.4 Å². The Labute approximate surface area is 185 Å². The first-order valence-corrected chi connectivity index (χ1v) is 12.3. The molecule has 160 valence electrons. The first kappa shape index (κ1) is 20.3. The molecule has 3 heterocycles. The third kappa shape index (κ3) is 4.84. The molecule has 6 nitrogen and oxygen atoms in total. The van der Waals surface area contributed by atoms with E-state index in [0.717, 1.165) is 49.4 Å². The number of likely N-dealkylation sites (tertiary alicyclic amines) is 1. The Morgan fingerprint density at radius 1 is 1.10 bits per heavy atom. The highest BCUT2D eigenvalue weighted by Gasteiger charge is 2.26. The topological polar surface area (TPSA) is 72.8 Å². The maximum Gasteiger partial charge on any atom is 0.130 e. The van der Waals surface area contributed by atoms with Crippen molar-refractivity contribution in [1.29, 1.82) is 0 Å². The fourth-order valence-electron chi connectivity index (χ4n) is 4.48. The zero-order valence-electron chi connectivity index (χ0n) is 17.5. The van der Waals surface area contributed by atoms with E-state index in [1.54, 1.807) is 12.7 Å². The van der Waals surface area contributed by atoms with Crippen LogP contribution < -0.4 is 0 Å². The van der Waals surface area contributed by atoms with Gasteiger partial charge in [-0.1, -0.05) is 30.3 Å². The normalized spacial score (nSPS) is 18.0. The standard InChI is InChI=1S/C24H27N5OS/c30-31(15-19-4-2-1-3-5-19)16-20-8-10-28(14-20)11-9-21-13-25-24-7-6-22(12-23(21)24)29-17-26-27-18-29/h1-7,12-13,17-18,20,25H,8-11,14-16H2/t20-,31?/m1/s1. The number of nitrogens with zero attached hydrogens (tertiary/aromatic N) is 4. The Bertz CT molecular complexity index is 1110. The van der Waals surface area contributed by atoms with Crippen LogP contribution in [0, 0.1) is 5.92 Å². The molecule has 2 atom stereocenters. The van der Waals surface area contributed by atoms with E-state index in [0.29, 0.717) is 11.7 Å². The van der Waals surface area contributed by atoms with Gasteiger partial charge in [-0.05, 0) is 54.3 Å². The van der Waals surface area contributed by atoms with Crippen molar-refractivity contribution >= 4 is 22.1 Å². The summed E-state index contributed by atoms with van der Waals surface area (Å²) in [5.74, 6) is 2.01. The van der Waals surface area contributed by atoms with E-state index in [1.807, 2.05) is 22.8 Å². The molecular weight excluding hydrogens is 406 g/mol. The summed E-state index contributed by atoms with van der Waals surface area (Å²) in [5.41, 5.74) is 4.73. The summed E-state index contributed by atoms with van der Waals surface area (Å²) in [4.78, 5) is 5.92. The zero-order valence-corrected chi connectivity index (χ0v) is 18.3. The number of hydrogen-bond acceptors (Lipinski definition) is 4. The minimum Gasteiger partial charge on any atom is -0.616 e. The van der Waals surface area contributed by atoms with E-state index in [2.05, 4.69) is 56.6 Å². The lowest BCUT2D eigenvalue weighted by Gasteiger charge is -2.17. The molecule has 1 saturated heterocycles. The smallest absolute Gasteiger partial charge is 0.130 e. The van der Waals surface area contributed by atoms with Crippen molar-refractivity contribution in [1.82, 2.24) is 24.6 Å². The van der Waals surface area contributed by atoms with E-state index in [-0.39, 0.29) is 0 Å². The SMILES string of the molecule is [O-][S+](Cc1ccccc1)C[C@@H]1CCN(CCc2c[nH]c3ccc(-n4cnnc4)cc23)C1. The molecule has 0 spiro atoms. The highest BCUT2D eigenvalue weighted by molar-refractivity contribution is 7.90. The Morgan fingerprint density at radius 3 is 2.77 bits per heavy atom. The number of fused-ring (bicyclic) bond motifs is 1. The fourth-order valence-corrected chi connectivity index (χ4v) is 5.96. The molecule has 1 fully saturated rings. The lowest BCUT2D eigenvalue weighted by atomic mass is 10.1. The van der Waals surface area contributed by atoms with Crippen molar-refractivity contribution in [2.24, 2.45) is 5.92 Å². The van der Waals surface area contributed by atoms with E-state index < -0.39 is 11.2 Å². The maximum atomic E-state index is 12.6. The number of rotatable bonds is 8. The van der Waals surface area contributed by atoms with Gasteiger partial charge in [0.1, 0.15) is 24.2 Å². The number of aromatic amines is 1. The molecule has 1 unspecified atom stereocenters. The van der Waals surface area contributed by atoms with Crippen LogP contribution in [0.4, 0.5) is 0 Å². The maximum absolute atomic E-state index is 12.6. The van der Waals surface area contributed by atoms with Gasteiger partial charge in [0, 0.05) is 47.4 Å². The molecule has 2 aromatic carbocycles. The Morgan fingerprint density at radius 2 is 1.94 bits per heavy atom. The molecule has 1 N–H and O–H groups in total. The summed E-state index contributed by atoms with van der Waals surface area (Å²) in [6, 6.07) is 16.6. The van der Waals surface area contributed by atoms with Crippen molar-refractivity contribution in [2.45, 2.75) is 18.6 Å². The Balaban J connectivity index is 1.16. The van der Waals surface area contributed by atoms with Gasteiger partial charge in [-0.25, -0.2) is 0 Å². The highest BCUT2D eigenvalue weighted by atomic mass is 32.2. The molecule has 1 aliphatic rings. The molecule has 1 aliphatic heterocycles. The van der Waals surface area contributed by atoms with Crippen molar-refractivity contribution < 1.29 is 4.55 Å². The van der Waals surface area contributed by atoms with E-state index in [9.17, 15) is 4.55 Å². The second-order valence-corrected chi connectivity index (χ2v) is 9.86. The van der Waals surface area contributed by atoms with Crippen molar-refractivity contribution in [3.05, 3.63) is 78.5 Å². The van der Waals surface area contributed by atoms with Gasteiger partial charge in [0.15, 0.2) is 0 Å².